The standard InChI is InChI=1S/C44H74N2O34/c1-11(53)45-20-13(55)4-44(43(67)68,79-35(20)22(57)14(56)5-47)80-37-25(60)17(8-50)72-42(31(37)66)77-34-21(46-12(2)54)38(70-15(6-48)23(34)58)78-36-24(59)16(7-49)71-41(30(36)65)76-33-19(10-52)74-40(29(64)27(33)62)75-32-18(9-51)73-39(69-3)28(63)26(32)61/h13-42,47-52,55-66H,4-10H2,1-3H3,(H,45,53)(H,46,54)(H,67,68)/t13-,14-,15?,16?,17?,18?,19?,20-,21?,22-,23+,24+,25+,26?,27?,28+,29+,30?,31?,32-,33+,34?,35?,36+,37?,38+,39-,40+,41-,42+,44+/m1/s1. The molecule has 0 aliphatic carbocycles. The second-order valence-electron chi connectivity index (χ2n) is 19.9. The number of carbonyl (C=O) groups is 3. The number of carboxylic acid groups (broad SMARTS) is 1. The van der Waals surface area contributed by atoms with E-state index in [2.05, 4.69) is 10.6 Å². The molecule has 36 heteroatoms. The lowest BCUT2D eigenvalue weighted by atomic mass is 9.88. The Labute approximate surface area is 452 Å². The first kappa shape index (κ1) is 66.4. The Kier molecular flexibility index (Phi) is 23.6. The predicted octanol–water partition coefficient (Wildman–Crippen LogP) is -14.0. The second kappa shape index (κ2) is 28.4. The number of carboxylic acids is 1. The predicted molar refractivity (Wildman–Crippen MR) is 244 cm³/mol. The lowest BCUT2D eigenvalue weighted by Gasteiger charge is -2.51. The van der Waals surface area contributed by atoms with Gasteiger partial charge in [0, 0.05) is 27.4 Å². The Bertz CT molecular complexity index is 1990. The third-order valence-electron chi connectivity index (χ3n) is 14.4. The van der Waals surface area contributed by atoms with Crippen LogP contribution >= 0.6 is 0 Å². The maximum Gasteiger partial charge on any atom is 0.364 e. The van der Waals surface area contributed by atoms with Gasteiger partial charge in [-0.3, -0.25) is 9.59 Å². The van der Waals surface area contributed by atoms with Gasteiger partial charge < -0.3 is 164 Å². The molecule has 6 saturated heterocycles. The lowest BCUT2D eigenvalue weighted by molar-refractivity contribution is -0.392. The normalized spacial score (nSPS) is 47.2. The molecule has 6 rings (SSSR count). The summed E-state index contributed by atoms with van der Waals surface area (Å²) in [5, 5.41) is 210. The highest BCUT2D eigenvalue weighted by atomic mass is 16.8. The van der Waals surface area contributed by atoms with Crippen LogP contribution in [0.25, 0.3) is 0 Å². The molecule has 6 fully saturated rings. The van der Waals surface area contributed by atoms with Gasteiger partial charge in [-0.1, -0.05) is 0 Å². The Morgan fingerprint density at radius 2 is 0.887 bits per heavy atom. The van der Waals surface area contributed by atoms with Crippen LogP contribution in [0.3, 0.4) is 0 Å². The molecule has 0 spiro atoms. The van der Waals surface area contributed by atoms with E-state index in [0.29, 0.717) is 0 Å². The smallest absolute Gasteiger partial charge is 0.364 e. The van der Waals surface area contributed by atoms with E-state index in [-0.39, 0.29) is 0 Å². The Hall–Kier alpha value is -2.79. The number of aliphatic hydroxyl groups excluding tert-OH is 18. The summed E-state index contributed by atoms with van der Waals surface area (Å²) in [6.45, 7) is -4.39. The molecule has 0 bridgehead atoms. The Balaban J connectivity index is 1.25. The number of hydrogen-bond donors (Lipinski definition) is 21. The monoisotopic (exact) mass is 1170 g/mol. The summed E-state index contributed by atoms with van der Waals surface area (Å²) in [5.74, 6) is -7.10. The summed E-state index contributed by atoms with van der Waals surface area (Å²) in [7, 11) is 1.14. The molecule has 0 aromatic rings. The van der Waals surface area contributed by atoms with Gasteiger partial charge in [0.15, 0.2) is 31.5 Å². The zero-order chi connectivity index (χ0) is 59.4. The van der Waals surface area contributed by atoms with Crippen molar-refractivity contribution in [2.75, 3.05) is 46.8 Å². The summed E-state index contributed by atoms with van der Waals surface area (Å²) in [6, 6.07) is -3.59. The van der Waals surface area contributed by atoms with Crippen LogP contribution in [0.15, 0.2) is 0 Å². The number of aliphatic carboxylic acids is 1. The molecular weight excluding hydrogens is 1100 g/mol. The number of nitrogens with one attached hydrogen (secondary N) is 2. The van der Waals surface area contributed by atoms with Gasteiger partial charge in [-0.2, -0.15) is 0 Å². The highest BCUT2D eigenvalue weighted by molar-refractivity contribution is 5.76. The van der Waals surface area contributed by atoms with Crippen molar-refractivity contribution in [2.24, 2.45) is 0 Å². The van der Waals surface area contributed by atoms with Crippen molar-refractivity contribution in [3.8, 4) is 0 Å². The molecule has 2 amide bonds. The molecule has 6 aliphatic rings. The van der Waals surface area contributed by atoms with E-state index in [9.17, 15) is 111 Å². The topological polar surface area (TPSA) is 570 Å². The maximum absolute atomic E-state index is 13.1. The van der Waals surface area contributed by atoms with Crippen LogP contribution in [-0.4, -0.2) is 351 Å². The van der Waals surface area contributed by atoms with Gasteiger partial charge in [0.05, 0.1) is 51.8 Å². The minimum Gasteiger partial charge on any atom is -0.477 e. The zero-order valence-corrected chi connectivity index (χ0v) is 42.9. The van der Waals surface area contributed by atoms with Gasteiger partial charge in [-0.15, -0.1) is 0 Å². The molecule has 80 heavy (non-hydrogen) atoms. The Morgan fingerprint density at radius 3 is 1.35 bits per heavy atom. The average Bonchev–Trinajstić information content (AvgIpc) is 3.61. The number of methoxy groups -OCH3 is 1. The summed E-state index contributed by atoms with van der Waals surface area (Å²) in [4.78, 5) is 38.0. The Morgan fingerprint density at radius 1 is 0.500 bits per heavy atom. The fourth-order valence-electron chi connectivity index (χ4n) is 10.2. The van der Waals surface area contributed by atoms with Crippen LogP contribution < -0.4 is 10.6 Å². The minimum atomic E-state index is -3.22. The molecule has 0 radical (unpaired) electrons. The van der Waals surface area contributed by atoms with Crippen LogP contribution in [0.2, 0.25) is 0 Å². The van der Waals surface area contributed by atoms with E-state index < -0.39 is 254 Å². The van der Waals surface area contributed by atoms with Crippen molar-refractivity contribution in [2.45, 2.75) is 210 Å². The summed E-state index contributed by atoms with van der Waals surface area (Å²) in [6.07, 6.45) is -57.2. The number of amides is 2. The van der Waals surface area contributed by atoms with E-state index in [4.69, 9.17) is 56.8 Å². The van der Waals surface area contributed by atoms with E-state index in [1.165, 1.54) is 0 Å². The molecule has 36 nitrogen and oxygen atoms in total. The molecule has 0 saturated carbocycles. The van der Waals surface area contributed by atoms with Crippen molar-refractivity contribution in [3.63, 3.8) is 0 Å². The second-order valence-corrected chi connectivity index (χ2v) is 19.9. The summed E-state index contributed by atoms with van der Waals surface area (Å²) >= 11 is 0. The first-order valence-electron chi connectivity index (χ1n) is 25.1. The molecule has 6 heterocycles. The molecule has 0 aromatic heterocycles. The van der Waals surface area contributed by atoms with Crippen molar-refractivity contribution < 1.29 is 168 Å². The van der Waals surface area contributed by atoms with E-state index >= 15 is 0 Å². The van der Waals surface area contributed by atoms with E-state index in [1.54, 1.807) is 0 Å². The summed E-state index contributed by atoms with van der Waals surface area (Å²) < 4.78 is 67.8. The quantitative estimate of drug-likeness (QED) is 0.0479. The van der Waals surface area contributed by atoms with E-state index in [1.807, 2.05) is 0 Å². The van der Waals surface area contributed by atoms with Gasteiger partial charge in [-0.05, 0) is 0 Å². The number of carbonyl (C=O) groups excluding carboxylic acids is 2. The van der Waals surface area contributed by atoms with Gasteiger partial charge in [0.1, 0.15) is 140 Å². The average molecular weight is 1180 g/mol. The minimum absolute atomic E-state index is 0.815. The zero-order valence-electron chi connectivity index (χ0n) is 42.9. The van der Waals surface area contributed by atoms with Crippen LogP contribution in [-0.2, 0) is 71.2 Å². The van der Waals surface area contributed by atoms with Crippen LogP contribution in [0.4, 0.5) is 0 Å². The largest absolute Gasteiger partial charge is 0.477 e. The fourth-order valence-corrected chi connectivity index (χ4v) is 10.2. The number of rotatable bonds is 22. The third kappa shape index (κ3) is 14.0. The lowest BCUT2D eigenvalue weighted by Crippen LogP contribution is -2.71. The summed E-state index contributed by atoms with van der Waals surface area (Å²) in [5.41, 5.74) is 0. The number of hydrogen-bond acceptors (Lipinski definition) is 33. The first-order valence-corrected chi connectivity index (χ1v) is 25.1. The maximum atomic E-state index is 13.1. The highest BCUT2D eigenvalue weighted by Crippen LogP contribution is 2.40. The van der Waals surface area contributed by atoms with Crippen molar-refractivity contribution >= 4 is 17.8 Å². The molecular formula is C44H74N2O34. The van der Waals surface area contributed by atoms with Gasteiger partial charge in [0.25, 0.3) is 5.79 Å². The van der Waals surface area contributed by atoms with E-state index in [0.717, 1.165) is 21.0 Å². The third-order valence-corrected chi connectivity index (χ3v) is 14.4. The first-order chi connectivity index (χ1) is 37.8. The van der Waals surface area contributed by atoms with Crippen molar-refractivity contribution in [1.82, 2.24) is 10.6 Å². The number of ether oxygens (including phenoxy) is 12. The SMILES string of the molecule is CO[C@@H]1OC(CO)[C@@H](O[C@@H]2OC(CO)[C@H](O[C@H]3OC(CO)[C@H](O)[C@H](O[C@@H]4OC(CO)[C@H](O)C(O[C@@H]5OC(CO)[C@H](O)C(O[C@]6(C(=O)O)C[C@@H](O)[C@@H](NC(C)=O)C([C@H](O)[C@H](O)CO)O6)C5O)C4NC(C)=O)C3O)C(O)[C@@H]2O)C(O)[C@@H]1O. The fraction of sp³-hybridized carbons (Fsp3) is 0.932. The molecule has 21 N–H and O–H groups in total. The van der Waals surface area contributed by atoms with Crippen LogP contribution in [0.1, 0.15) is 20.3 Å². The molecule has 6 aliphatic heterocycles. The molecule has 464 valence electrons. The van der Waals surface area contributed by atoms with Gasteiger partial charge in [-0.25, -0.2) is 4.79 Å². The molecule has 13 unspecified atom stereocenters. The number of aliphatic hydroxyl groups is 18. The van der Waals surface area contributed by atoms with Crippen molar-refractivity contribution in [3.05, 3.63) is 0 Å². The van der Waals surface area contributed by atoms with Gasteiger partial charge in [0.2, 0.25) is 11.8 Å². The molecule has 0 aromatic carbocycles. The van der Waals surface area contributed by atoms with Crippen LogP contribution in [0.5, 0.6) is 0 Å². The van der Waals surface area contributed by atoms with Crippen LogP contribution in [0, 0.1) is 0 Å². The van der Waals surface area contributed by atoms with Gasteiger partial charge >= 0.3 is 5.97 Å². The molecule has 31 atom stereocenters. The highest BCUT2D eigenvalue weighted by Gasteiger charge is 2.61. The van der Waals surface area contributed by atoms with Crippen molar-refractivity contribution in [1.29, 1.82) is 0 Å².